The minimum absolute atomic E-state index is 0.00602. The summed E-state index contributed by atoms with van der Waals surface area (Å²) in [5.41, 5.74) is -0.629. The van der Waals surface area contributed by atoms with Crippen LogP contribution in [-0.2, 0) is 28.7 Å². The van der Waals surface area contributed by atoms with Crippen LogP contribution in [0.4, 0.5) is 4.79 Å². The molecule has 0 radical (unpaired) electrons. The molecule has 2 bridgehead atoms. The predicted octanol–water partition coefficient (Wildman–Crippen LogP) is 0.171. The molecule has 4 amide bonds. The molecule has 2 N–H and O–H groups in total. The third-order valence-electron chi connectivity index (χ3n) is 6.35. The number of carbonyl (C=O) groups excluding carboxylic acids is 5. The molecule has 4 rings (SSSR count). The molecule has 3 aliphatic heterocycles. The molecular formula is C22H34N4O7. The number of amides is 4. The van der Waals surface area contributed by atoms with Crippen LogP contribution in [0.5, 0.6) is 0 Å². The van der Waals surface area contributed by atoms with Gasteiger partial charge < -0.3 is 29.9 Å². The van der Waals surface area contributed by atoms with Crippen LogP contribution in [0, 0.1) is 5.92 Å². The van der Waals surface area contributed by atoms with Crippen LogP contribution in [0.2, 0.25) is 0 Å². The second-order valence-corrected chi connectivity index (χ2v) is 9.80. The topological polar surface area (TPSA) is 134 Å². The van der Waals surface area contributed by atoms with Gasteiger partial charge in [0.1, 0.15) is 24.2 Å². The Morgan fingerprint density at radius 1 is 1.00 bits per heavy atom. The van der Waals surface area contributed by atoms with E-state index in [0.29, 0.717) is 0 Å². The van der Waals surface area contributed by atoms with Gasteiger partial charge in [-0.2, -0.15) is 0 Å². The Morgan fingerprint density at radius 3 is 2.24 bits per heavy atom. The highest BCUT2D eigenvalue weighted by Crippen LogP contribution is 2.43. The number of piperidine rings is 2. The van der Waals surface area contributed by atoms with Crippen molar-refractivity contribution in [3.05, 3.63) is 0 Å². The molecule has 3 heterocycles. The van der Waals surface area contributed by atoms with Gasteiger partial charge in [0, 0.05) is 19.1 Å². The summed E-state index contributed by atoms with van der Waals surface area (Å²) < 4.78 is 9.85. The Labute approximate surface area is 193 Å². The van der Waals surface area contributed by atoms with Crippen LogP contribution >= 0.6 is 0 Å². The monoisotopic (exact) mass is 466 g/mol. The van der Waals surface area contributed by atoms with E-state index in [2.05, 4.69) is 10.6 Å². The van der Waals surface area contributed by atoms with Gasteiger partial charge in [-0.3, -0.25) is 19.2 Å². The number of nitrogens with one attached hydrogen (secondary N) is 2. The zero-order valence-corrected chi connectivity index (χ0v) is 19.7. The average molecular weight is 467 g/mol. The average Bonchev–Trinajstić information content (AvgIpc) is 2.76. The summed E-state index contributed by atoms with van der Waals surface area (Å²) in [7, 11) is 1.22. The molecule has 0 aromatic carbocycles. The van der Waals surface area contributed by atoms with Gasteiger partial charge in [0.05, 0.1) is 13.5 Å². The second kappa shape index (κ2) is 9.96. The summed E-state index contributed by atoms with van der Waals surface area (Å²) in [5, 5.41) is 5.17. The van der Waals surface area contributed by atoms with Gasteiger partial charge in [0.2, 0.25) is 17.7 Å². The van der Waals surface area contributed by atoms with E-state index in [-0.39, 0.29) is 49.8 Å². The smallest absolute Gasteiger partial charge is 0.407 e. The van der Waals surface area contributed by atoms with Crippen molar-refractivity contribution in [3.63, 3.8) is 0 Å². The summed E-state index contributed by atoms with van der Waals surface area (Å²) >= 11 is 0. The van der Waals surface area contributed by atoms with E-state index in [1.54, 1.807) is 25.7 Å². The highest BCUT2D eigenvalue weighted by molar-refractivity contribution is 6.01. The molecule has 1 saturated carbocycles. The van der Waals surface area contributed by atoms with E-state index >= 15 is 0 Å². The Balaban J connectivity index is 1.62. The Morgan fingerprint density at radius 2 is 1.64 bits per heavy atom. The van der Waals surface area contributed by atoms with Crippen LogP contribution in [0.3, 0.4) is 0 Å². The SMILES string of the molecule is COC(=O)C[C@H]1C(=O)N2C3CCC(CC3)[C@H]2C(=O)N1CC(=O)NCCNC(=O)OC(C)(C)C. The van der Waals surface area contributed by atoms with Gasteiger partial charge in [-0.05, 0) is 52.4 Å². The Kier molecular flexibility index (Phi) is 7.48. The fraction of sp³-hybridized carbons (Fsp3) is 0.773. The van der Waals surface area contributed by atoms with Crippen LogP contribution in [0.15, 0.2) is 0 Å². The molecule has 11 nitrogen and oxygen atoms in total. The molecule has 3 saturated heterocycles. The molecule has 184 valence electrons. The number of hydrogen-bond acceptors (Lipinski definition) is 7. The van der Waals surface area contributed by atoms with Crippen LogP contribution in [0.1, 0.15) is 52.9 Å². The zero-order valence-electron chi connectivity index (χ0n) is 19.7. The van der Waals surface area contributed by atoms with Crippen LogP contribution in [0.25, 0.3) is 0 Å². The summed E-state index contributed by atoms with van der Waals surface area (Å²) in [6, 6.07) is -1.63. The van der Waals surface area contributed by atoms with Gasteiger partial charge in [0.15, 0.2) is 0 Å². The number of methoxy groups -OCH3 is 1. The number of alkyl carbamates (subject to hydrolysis) is 1. The predicted molar refractivity (Wildman–Crippen MR) is 116 cm³/mol. The van der Waals surface area contributed by atoms with E-state index in [1.807, 2.05) is 0 Å². The number of piperazine rings is 1. The molecule has 4 fully saturated rings. The molecule has 4 aliphatic rings. The van der Waals surface area contributed by atoms with Crippen molar-refractivity contribution in [1.82, 2.24) is 20.4 Å². The van der Waals surface area contributed by atoms with Crippen molar-refractivity contribution in [2.75, 3.05) is 26.7 Å². The fourth-order valence-corrected chi connectivity index (χ4v) is 4.93. The highest BCUT2D eigenvalue weighted by atomic mass is 16.6. The maximum absolute atomic E-state index is 13.4. The quantitative estimate of drug-likeness (QED) is 0.403. The first-order chi connectivity index (χ1) is 15.5. The van der Waals surface area contributed by atoms with Crippen molar-refractivity contribution in [2.24, 2.45) is 5.92 Å². The lowest BCUT2D eigenvalue weighted by Crippen LogP contribution is -2.72. The van der Waals surface area contributed by atoms with Crippen molar-refractivity contribution in [3.8, 4) is 0 Å². The number of carbonyl (C=O) groups is 5. The molecule has 2 atom stereocenters. The van der Waals surface area contributed by atoms with Gasteiger partial charge >= 0.3 is 12.1 Å². The maximum Gasteiger partial charge on any atom is 0.407 e. The minimum Gasteiger partial charge on any atom is -0.469 e. The summed E-state index contributed by atoms with van der Waals surface area (Å²) in [6.45, 7) is 5.15. The first-order valence-corrected chi connectivity index (χ1v) is 11.4. The van der Waals surface area contributed by atoms with Gasteiger partial charge in [-0.15, -0.1) is 0 Å². The van der Waals surface area contributed by atoms with E-state index in [0.717, 1.165) is 25.7 Å². The molecule has 11 heteroatoms. The molecule has 0 aromatic rings. The minimum atomic E-state index is -1.06. The number of fused-ring (bicyclic) bond motifs is 2. The van der Waals surface area contributed by atoms with E-state index in [9.17, 15) is 24.0 Å². The number of ether oxygens (including phenoxy) is 2. The van der Waals surface area contributed by atoms with Crippen LogP contribution < -0.4 is 10.6 Å². The van der Waals surface area contributed by atoms with Crippen LogP contribution in [-0.4, -0.2) is 90.1 Å². The fourth-order valence-electron chi connectivity index (χ4n) is 4.93. The third kappa shape index (κ3) is 5.75. The first-order valence-electron chi connectivity index (χ1n) is 11.4. The third-order valence-corrected chi connectivity index (χ3v) is 6.35. The summed E-state index contributed by atoms with van der Waals surface area (Å²) in [6.07, 6.45) is 2.58. The van der Waals surface area contributed by atoms with Gasteiger partial charge in [-0.25, -0.2) is 4.79 Å². The number of rotatable bonds is 7. The summed E-state index contributed by atoms with van der Waals surface area (Å²) in [5.74, 6) is -1.60. The summed E-state index contributed by atoms with van der Waals surface area (Å²) in [4.78, 5) is 65.8. The number of nitrogens with zero attached hydrogens (tertiary/aromatic N) is 2. The molecular weight excluding hydrogens is 432 g/mol. The molecule has 0 aromatic heterocycles. The normalized spacial score (nSPS) is 26.5. The van der Waals surface area contributed by atoms with Crippen molar-refractivity contribution >= 4 is 29.8 Å². The van der Waals surface area contributed by atoms with Crippen molar-refractivity contribution < 1.29 is 33.4 Å². The molecule has 0 spiro atoms. The lowest BCUT2D eigenvalue weighted by atomic mass is 9.72. The Bertz CT molecular complexity index is 801. The molecule has 33 heavy (non-hydrogen) atoms. The first kappa shape index (κ1) is 24.8. The number of esters is 1. The Hall–Kier alpha value is -2.85. The standard InChI is InChI=1S/C22H34N4O7/c1-22(2,3)33-21(31)24-10-9-23-16(27)12-25-15(11-17(28)32-4)19(29)26-14-7-5-13(6-8-14)18(26)20(25)30/h13-15,18H,5-12H2,1-4H3,(H,23,27)(H,24,31)/t13?,14?,15-,18-/m0/s1. The largest absolute Gasteiger partial charge is 0.469 e. The lowest BCUT2D eigenvalue weighted by Gasteiger charge is -2.56. The van der Waals surface area contributed by atoms with Crippen molar-refractivity contribution in [2.45, 2.75) is 76.6 Å². The van der Waals surface area contributed by atoms with E-state index < -0.39 is 35.7 Å². The zero-order chi connectivity index (χ0) is 24.3. The van der Waals surface area contributed by atoms with Crippen molar-refractivity contribution in [1.29, 1.82) is 0 Å². The number of hydrogen-bond donors (Lipinski definition) is 2. The van der Waals surface area contributed by atoms with Gasteiger partial charge in [0.25, 0.3) is 0 Å². The van der Waals surface area contributed by atoms with E-state index in [1.165, 1.54) is 12.0 Å². The molecule has 1 aliphatic carbocycles. The van der Waals surface area contributed by atoms with E-state index in [4.69, 9.17) is 9.47 Å². The lowest BCUT2D eigenvalue weighted by molar-refractivity contribution is -0.178. The molecule has 0 unspecified atom stereocenters. The van der Waals surface area contributed by atoms with Gasteiger partial charge in [-0.1, -0.05) is 0 Å². The maximum atomic E-state index is 13.4. The highest BCUT2D eigenvalue weighted by Gasteiger charge is 2.55. The second-order valence-electron chi connectivity index (χ2n) is 9.80.